The van der Waals surface area contributed by atoms with E-state index in [9.17, 15) is 22.4 Å². The highest BCUT2D eigenvalue weighted by atomic mass is 35.5. The van der Waals surface area contributed by atoms with Gasteiger partial charge in [-0.05, 0) is 37.3 Å². The van der Waals surface area contributed by atoms with Crippen LogP contribution in [0.2, 0.25) is 5.02 Å². The Morgan fingerprint density at radius 2 is 1.86 bits per heavy atom. The smallest absolute Gasteiger partial charge is 0.374 e. The fraction of sp³-hybridized carbons (Fsp3) is 0.333. The van der Waals surface area contributed by atoms with E-state index in [0.717, 1.165) is 16.4 Å². The molecule has 8 nitrogen and oxygen atoms in total. The largest absolute Gasteiger partial charge is 0.460 e. The highest BCUT2D eigenvalue weighted by molar-refractivity contribution is 7.89. The second kappa shape index (κ2) is 8.52. The van der Waals surface area contributed by atoms with Crippen LogP contribution in [0.4, 0.5) is 4.39 Å². The van der Waals surface area contributed by atoms with E-state index in [1.807, 2.05) is 0 Å². The minimum absolute atomic E-state index is 0.00729. The summed E-state index contributed by atoms with van der Waals surface area (Å²) >= 11 is 5.93. The number of benzene rings is 1. The van der Waals surface area contributed by atoms with Crippen LogP contribution in [0.1, 0.15) is 27.8 Å². The van der Waals surface area contributed by atoms with Crippen molar-refractivity contribution in [2.45, 2.75) is 12.0 Å². The molecule has 2 heterocycles. The third-order valence-electron chi connectivity index (χ3n) is 4.34. The predicted molar refractivity (Wildman–Crippen MR) is 101 cm³/mol. The van der Waals surface area contributed by atoms with E-state index in [1.54, 1.807) is 6.92 Å². The van der Waals surface area contributed by atoms with E-state index in [0.29, 0.717) is 0 Å². The molecule has 1 amide bonds. The summed E-state index contributed by atoms with van der Waals surface area (Å²) < 4.78 is 49.7. The molecule has 0 bridgehead atoms. The van der Waals surface area contributed by atoms with E-state index in [2.05, 4.69) is 0 Å². The van der Waals surface area contributed by atoms with Gasteiger partial charge in [-0.15, -0.1) is 0 Å². The second-order valence-corrected chi connectivity index (χ2v) is 8.44. The van der Waals surface area contributed by atoms with Gasteiger partial charge in [0.1, 0.15) is 5.82 Å². The molecule has 1 aromatic heterocycles. The SMILES string of the molecule is CCOC(=O)c1ccc(S(=O)(=O)N2CCN(C(=O)c3ccc(F)cc3Cl)CC2)o1. The fourth-order valence-electron chi connectivity index (χ4n) is 2.86. The molecule has 0 N–H and O–H groups in total. The van der Waals surface area contributed by atoms with Crippen LogP contribution in [0.15, 0.2) is 39.8 Å². The second-order valence-electron chi connectivity index (χ2n) is 6.16. The Bertz CT molecular complexity index is 1030. The maximum absolute atomic E-state index is 13.2. The van der Waals surface area contributed by atoms with E-state index in [4.69, 9.17) is 20.8 Å². The molecule has 1 aliphatic heterocycles. The highest BCUT2D eigenvalue weighted by Gasteiger charge is 2.33. The van der Waals surface area contributed by atoms with E-state index in [1.165, 1.54) is 23.1 Å². The monoisotopic (exact) mass is 444 g/mol. The number of nitrogens with zero attached hydrogens (tertiary/aromatic N) is 2. The normalized spacial score (nSPS) is 15.3. The standard InChI is InChI=1S/C18H18ClFN2O6S/c1-2-27-18(24)15-5-6-16(28-15)29(25,26)22-9-7-21(8-10-22)17(23)13-4-3-12(20)11-14(13)19/h3-6,11H,2,7-10H2,1H3. The molecule has 156 valence electrons. The summed E-state index contributed by atoms with van der Waals surface area (Å²) in [4.78, 5) is 25.7. The Morgan fingerprint density at radius 1 is 1.17 bits per heavy atom. The van der Waals surface area contributed by atoms with Gasteiger partial charge in [0.05, 0.1) is 17.2 Å². The van der Waals surface area contributed by atoms with Gasteiger partial charge in [-0.25, -0.2) is 17.6 Å². The molecule has 0 saturated carbocycles. The summed E-state index contributed by atoms with van der Waals surface area (Å²) in [5.74, 6) is -1.91. The number of carbonyl (C=O) groups is 2. The topological polar surface area (TPSA) is 97.1 Å². The first-order chi connectivity index (χ1) is 13.7. The first-order valence-electron chi connectivity index (χ1n) is 8.75. The minimum Gasteiger partial charge on any atom is -0.460 e. The van der Waals surface area contributed by atoms with Crippen molar-refractivity contribution in [2.24, 2.45) is 0 Å². The summed E-state index contributed by atoms with van der Waals surface area (Å²) in [6.45, 7) is 2.06. The molecule has 1 fully saturated rings. The summed E-state index contributed by atoms with van der Waals surface area (Å²) in [5.41, 5.74) is 0.148. The number of ether oxygens (including phenoxy) is 1. The predicted octanol–water partition coefficient (Wildman–Crippen LogP) is 2.40. The van der Waals surface area contributed by atoms with Crippen molar-refractivity contribution in [3.05, 3.63) is 52.5 Å². The maximum atomic E-state index is 13.2. The minimum atomic E-state index is -3.97. The third-order valence-corrected chi connectivity index (χ3v) is 6.43. The molecule has 29 heavy (non-hydrogen) atoms. The molecule has 0 spiro atoms. The molecule has 2 aromatic rings. The third kappa shape index (κ3) is 4.44. The Labute approximate surface area is 171 Å². The molecular formula is C18H18ClFN2O6S. The average molecular weight is 445 g/mol. The van der Waals surface area contributed by atoms with Gasteiger partial charge >= 0.3 is 5.97 Å². The van der Waals surface area contributed by atoms with Crippen molar-refractivity contribution in [1.82, 2.24) is 9.21 Å². The number of halogens is 2. The van der Waals surface area contributed by atoms with Gasteiger partial charge in [0, 0.05) is 26.2 Å². The van der Waals surface area contributed by atoms with Gasteiger partial charge in [0.25, 0.3) is 15.9 Å². The van der Waals surface area contributed by atoms with Gasteiger partial charge in [-0.1, -0.05) is 11.6 Å². The van der Waals surface area contributed by atoms with Crippen molar-refractivity contribution in [2.75, 3.05) is 32.8 Å². The summed E-state index contributed by atoms with van der Waals surface area (Å²) in [7, 11) is -3.97. The lowest BCUT2D eigenvalue weighted by molar-refractivity contribution is 0.0483. The lowest BCUT2D eigenvalue weighted by Gasteiger charge is -2.33. The molecule has 0 radical (unpaired) electrons. The van der Waals surface area contributed by atoms with Gasteiger partial charge in [0.2, 0.25) is 10.9 Å². The number of hydrogen-bond acceptors (Lipinski definition) is 6. The van der Waals surface area contributed by atoms with Crippen molar-refractivity contribution < 1.29 is 31.6 Å². The van der Waals surface area contributed by atoms with Crippen LogP contribution in [0.25, 0.3) is 0 Å². The van der Waals surface area contributed by atoms with E-state index >= 15 is 0 Å². The molecule has 3 rings (SSSR count). The van der Waals surface area contributed by atoms with Crippen LogP contribution >= 0.6 is 11.6 Å². The number of amides is 1. The molecule has 0 aliphatic carbocycles. The number of carbonyl (C=O) groups excluding carboxylic acids is 2. The van der Waals surface area contributed by atoms with E-state index < -0.39 is 27.7 Å². The number of piperazine rings is 1. The number of furan rings is 1. The molecule has 1 saturated heterocycles. The number of rotatable bonds is 5. The molecule has 1 aromatic carbocycles. The zero-order valence-corrected chi connectivity index (χ0v) is 17.0. The van der Waals surface area contributed by atoms with Crippen molar-refractivity contribution >= 4 is 33.5 Å². The van der Waals surface area contributed by atoms with Crippen molar-refractivity contribution in [3.8, 4) is 0 Å². The van der Waals surface area contributed by atoms with Gasteiger partial charge in [0.15, 0.2) is 0 Å². The Kier molecular flexibility index (Phi) is 6.25. The molecule has 1 aliphatic rings. The Morgan fingerprint density at radius 3 is 2.48 bits per heavy atom. The van der Waals surface area contributed by atoms with Gasteiger partial charge < -0.3 is 14.1 Å². The van der Waals surface area contributed by atoms with Crippen LogP contribution in [0.3, 0.4) is 0 Å². The van der Waals surface area contributed by atoms with Crippen LogP contribution in [-0.4, -0.2) is 62.3 Å². The fourth-order valence-corrected chi connectivity index (χ4v) is 4.44. The molecule has 0 atom stereocenters. The van der Waals surface area contributed by atoms with Crippen LogP contribution in [0, 0.1) is 5.82 Å². The van der Waals surface area contributed by atoms with Crippen molar-refractivity contribution in [1.29, 1.82) is 0 Å². The highest BCUT2D eigenvalue weighted by Crippen LogP contribution is 2.23. The first-order valence-corrected chi connectivity index (χ1v) is 10.6. The van der Waals surface area contributed by atoms with Gasteiger partial charge in [-0.2, -0.15) is 4.31 Å². The number of sulfonamides is 1. The lowest BCUT2D eigenvalue weighted by atomic mass is 10.2. The molecular weight excluding hydrogens is 427 g/mol. The van der Waals surface area contributed by atoms with Gasteiger partial charge in [-0.3, -0.25) is 4.79 Å². The van der Waals surface area contributed by atoms with Crippen LogP contribution in [-0.2, 0) is 14.8 Å². The summed E-state index contributed by atoms with van der Waals surface area (Å²) in [5, 5.41) is -0.381. The zero-order valence-electron chi connectivity index (χ0n) is 15.4. The maximum Gasteiger partial charge on any atom is 0.374 e. The number of esters is 1. The quantitative estimate of drug-likeness (QED) is 0.657. The first kappa shape index (κ1) is 21.3. The number of hydrogen-bond donors (Lipinski definition) is 0. The molecule has 0 unspecified atom stereocenters. The Balaban J connectivity index is 1.68. The van der Waals surface area contributed by atoms with Crippen LogP contribution in [0.5, 0.6) is 0 Å². The zero-order chi connectivity index (χ0) is 21.2. The summed E-state index contributed by atoms with van der Waals surface area (Å²) in [6.07, 6.45) is 0. The average Bonchev–Trinajstić information content (AvgIpc) is 3.19. The van der Waals surface area contributed by atoms with E-state index in [-0.39, 0.29) is 54.2 Å². The Hall–Kier alpha value is -2.43. The molecule has 11 heteroatoms. The lowest BCUT2D eigenvalue weighted by Crippen LogP contribution is -2.50. The van der Waals surface area contributed by atoms with Crippen LogP contribution < -0.4 is 0 Å². The summed E-state index contributed by atoms with van der Waals surface area (Å²) in [6, 6.07) is 5.91. The van der Waals surface area contributed by atoms with Crippen molar-refractivity contribution in [3.63, 3.8) is 0 Å².